The summed E-state index contributed by atoms with van der Waals surface area (Å²) in [6.07, 6.45) is 1.65. The van der Waals surface area contributed by atoms with Crippen LogP contribution in [0, 0.1) is 0 Å². The van der Waals surface area contributed by atoms with Gasteiger partial charge in [-0.25, -0.2) is 9.48 Å². The number of para-hydroxylation sites is 1. The van der Waals surface area contributed by atoms with E-state index in [0.29, 0.717) is 31.9 Å². The Morgan fingerprint density at radius 1 is 0.867 bits per heavy atom. The number of carbonyl (C=O) groups excluding carboxylic acids is 1. The van der Waals surface area contributed by atoms with Crippen LogP contribution >= 0.6 is 34.8 Å². The number of halogens is 3. The molecule has 1 heterocycles. The Kier molecular flexibility index (Phi) is 6.09. The van der Waals surface area contributed by atoms with Gasteiger partial charge >= 0.3 is 5.97 Å². The van der Waals surface area contributed by atoms with E-state index in [2.05, 4.69) is 5.10 Å². The standard InChI is InChI=1S/C23H15Cl3N2O2/c24-16-11-9-15(10-12-16)22-18(13-28(27-22)17-5-2-1-3-6-17)23(29)30-14-19-20(25)7-4-8-21(19)26/h1-13H,14H2. The Balaban J connectivity index is 1.69. The zero-order valence-corrected chi connectivity index (χ0v) is 17.8. The van der Waals surface area contributed by atoms with E-state index in [1.54, 1.807) is 41.2 Å². The van der Waals surface area contributed by atoms with E-state index in [9.17, 15) is 4.79 Å². The largest absolute Gasteiger partial charge is 0.457 e. The monoisotopic (exact) mass is 456 g/mol. The maximum atomic E-state index is 13.0. The van der Waals surface area contributed by atoms with Crippen molar-refractivity contribution in [2.75, 3.05) is 0 Å². The molecule has 0 spiro atoms. The summed E-state index contributed by atoms with van der Waals surface area (Å²) in [5, 5.41) is 6.08. The van der Waals surface area contributed by atoms with Crippen LogP contribution in [0.2, 0.25) is 15.1 Å². The molecule has 3 aromatic carbocycles. The molecule has 0 saturated heterocycles. The number of hydrogen-bond acceptors (Lipinski definition) is 3. The Hall–Kier alpha value is -2.79. The molecule has 30 heavy (non-hydrogen) atoms. The highest BCUT2D eigenvalue weighted by Crippen LogP contribution is 2.28. The van der Waals surface area contributed by atoms with Crippen LogP contribution in [0.4, 0.5) is 0 Å². The second-order valence-corrected chi connectivity index (χ2v) is 7.71. The SMILES string of the molecule is O=C(OCc1c(Cl)cccc1Cl)c1cn(-c2ccccc2)nc1-c1ccc(Cl)cc1. The van der Waals surface area contributed by atoms with E-state index in [1.165, 1.54) is 0 Å². The molecule has 0 N–H and O–H groups in total. The topological polar surface area (TPSA) is 44.1 Å². The molecule has 0 unspecified atom stereocenters. The highest BCUT2D eigenvalue weighted by Gasteiger charge is 2.21. The van der Waals surface area contributed by atoms with Gasteiger partial charge in [-0.05, 0) is 36.4 Å². The third-order valence-corrected chi connectivity index (χ3v) is 5.44. The molecule has 0 aliphatic heterocycles. The normalized spacial score (nSPS) is 10.8. The fourth-order valence-electron chi connectivity index (χ4n) is 2.94. The summed E-state index contributed by atoms with van der Waals surface area (Å²) < 4.78 is 7.17. The lowest BCUT2D eigenvalue weighted by molar-refractivity contribution is 0.0474. The van der Waals surface area contributed by atoms with Crippen LogP contribution in [-0.2, 0) is 11.3 Å². The predicted octanol–water partition coefficient (Wildman–Crippen LogP) is 6.86. The summed E-state index contributed by atoms with van der Waals surface area (Å²) in [5.41, 5.74) is 2.94. The summed E-state index contributed by atoms with van der Waals surface area (Å²) in [5.74, 6) is -0.530. The van der Waals surface area contributed by atoms with E-state index in [0.717, 1.165) is 11.3 Å². The van der Waals surface area contributed by atoms with Crippen molar-refractivity contribution in [3.05, 3.63) is 105 Å². The third-order valence-electron chi connectivity index (χ3n) is 4.48. The Morgan fingerprint density at radius 3 is 2.20 bits per heavy atom. The third kappa shape index (κ3) is 4.36. The highest BCUT2D eigenvalue weighted by molar-refractivity contribution is 6.36. The van der Waals surface area contributed by atoms with Crippen LogP contribution in [0.15, 0.2) is 79.0 Å². The quantitative estimate of drug-likeness (QED) is 0.308. The fourth-order valence-corrected chi connectivity index (χ4v) is 3.58. The molecule has 0 fully saturated rings. The molecule has 0 bridgehead atoms. The predicted molar refractivity (Wildman–Crippen MR) is 120 cm³/mol. The van der Waals surface area contributed by atoms with Gasteiger partial charge in [0.1, 0.15) is 17.9 Å². The number of rotatable bonds is 5. The molecule has 7 heteroatoms. The molecule has 4 rings (SSSR count). The maximum absolute atomic E-state index is 13.0. The summed E-state index contributed by atoms with van der Waals surface area (Å²) >= 11 is 18.4. The average Bonchev–Trinajstić information content (AvgIpc) is 3.20. The van der Waals surface area contributed by atoms with Gasteiger partial charge in [-0.2, -0.15) is 5.10 Å². The second-order valence-electron chi connectivity index (χ2n) is 6.45. The lowest BCUT2D eigenvalue weighted by atomic mass is 10.1. The van der Waals surface area contributed by atoms with Gasteiger partial charge in [-0.1, -0.05) is 71.2 Å². The Morgan fingerprint density at radius 2 is 1.53 bits per heavy atom. The summed E-state index contributed by atoms with van der Waals surface area (Å²) in [6.45, 7) is -0.0477. The second kappa shape index (κ2) is 8.92. The molecule has 1 aromatic heterocycles. The van der Waals surface area contributed by atoms with Crippen LogP contribution in [0.5, 0.6) is 0 Å². The first kappa shape index (κ1) is 20.5. The van der Waals surface area contributed by atoms with E-state index in [1.807, 2.05) is 42.5 Å². The van der Waals surface area contributed by atoms with Crippen molar-refractivity contribution in [2.24, 2.45) is 0 Å². The van der Waals surface area contributed by atoms with Crippen molar-refractivity contribution in [1.29, 1.82) is 0 Å². The van der Waals surface area contributed by atoms with Gasteiger partial charge in [-0.3, -0.25) is 0 Å². The van der Waals surface area contributed by atoms with Crippen molar-refractivity contribution in [3.8, 4) is 16.9 Å². The number of hydrogen-bond donors (Lipinski definition) is 0. The molecule has 150 valence electrons. The van der Waals surface area contributed by atoms with Crippen molar-refractivity contribution in [2.45, 2.75) is 6.61 Å². The molecule has 0 saturated carbocycles. The van der Waals surface area contributed by atoms with Crippen LogP contribution in [0.25, 0.3) is 16.9 Å². The van der Waals surface area contributed by atoms with Crippen LogP contribution in [-0.4, -0.2) is 15.7 Å². The molecule has 0 amide bonds. The highest BCUT2D eigenvalue weighted by atomic mass is 35.5. The van der Waals surface area contributed by atoms with Gasteiger partial charge in [0.2, 0.25) is 0 Å². The molecule has 4 nitrogen and oxygen atoms in total. The number of esters is 1. The molecule has 0 radical (unpaired) electrons. The molecule has 0 aliphatic rings. The van der Waals surface area contributed by atoms with Crippen molar-refractivity contribution < 1.29 is 9.53 Å². The Labute approximate surface area is 188 Å². The Bertz CT molecular complexity index is 1170. The zero-order valence-electron chi connectivity index (χ0n) is 15.6. The average molecular weight is 458 g/mol. The summed E-state index contributed by atoms with van der Waals surface area (Å²) in [4.78, 5) is 13.0. The molecular formula is C23H15Cl3N2O2. The van der Waals surface area contributed by atoms with E-state index in [-0.39, 0.29) is 6.61 Å². The first-order chi connectivity index (χ1) is 14.5. The first-order valence-electron chi connectivity index (χ1n) is 9.04. The molecule has 4 aromatic rings. The summed E-state index contributed by atoms with van der Waals surface area (Å²) in [7, 11) is 0. The van der Waals surface area contributed by atoms with Crippen LogP contribution in [0.3, 0.4) is 0 Å². The molecule has 0 atom stereocenters. The van der Waals surface area contributed by atoms with Gasteiger partial charge in [0.15, 0.2) is 0 Å². The van der Waals surface area contributed by atoms with Crippen LogP contribution < -0.4 is 0 Å². The minimum Gasteiger partial charge on any atom is -0.457 e. The molecule has 0 aliphatic carbocycles. The smallest absolute Gasteiger partial charge is 0.342 e. The minimum absolute atomic E-state index is 0.0477. The van der Waals surface area contributed by atoms with Gasteiger partial charge < -0.3 is 4.74 Å². The van der Waals surface area contributed by atoms with Crippen molar-refractivity contribution in [1.82, 2.24) is 9.78 Å². The minimum atomic E-state index is -0.530. The molecular weight excluding hydrogens is 443 g/mol. The number of aromatic nitrogens is 2. The van der Waals surface area contributed by atoms with Gasteiger partial charge in [0.25, 0.3) is 0 Å². The lowest BCUT2D eigenvalue weighted by Crippen LogP contribution is -2.06. The number of carbonyl (C=O) groups is 1. The first-order valence-corrected chi connectivity index (χ1v) is 10.2. The van der Waals surface area contributed by atoms with E-state index in [4.69, 9.17) is 39.5 Å². The number of nitrogens with zero attached hydrogens (tertiary/aromatic N) is 2. The fraction of sp³-hybridized carbons (Fsp3) is 0.0435. The van der Waals surface area contributed by atoms with Crippen molar-refractivity contribution >= 4 is 40.8 Å². The van der Waals surface area contributed by atoms with Gasteiger partial charge in [0.05, 0.1) is 5.69 Å². The van der Waals surface area contributed by atoms with E-state index >= 15 is 0 Å². The van der Waals surface area contributed by atoms with E-state index < -0.39 is 5.97 Å². The maximum Gasteiger partial charge on any atom is 0.342 e. The summed E-state index contributed by atoms with van der Waals surface area (Å²) in [6, 6.07) is 21.7. The number of benzene rings is 3. The lowest BCUT2D eigenvalue weighted by Gasteiger charge is -2.08. The van der Waals surface area contributed by atoms with Gasteiger partial charge in [-0.15, -0.1) is 0 Å². The van der Waals surface area contributed by atoms with Gasteiger partial charge in [0, 0.05) is 32.4 Å². The van der Waals surface area contributed by atoms with Crippen molar-refractivity contribution in [3.63, 3.8) is 0 Å². The number of ether oxygens (including phenoxy) is 1. The zero-order chi connectivity index (χ0) is 21.1. The van der Waals surface area contributed by atoms with Crippen LogP contribution in [0.1, 0.15) is 15.9 Å².